The number of nitrogens with zero attached hydrogens (tertiary/aromatic N) is 2. The summed E-state index contributed by atoms with van der Waals surface area (Å²) >= 11 is 0. The fourth-order valence-corrected chi connectivity index (χ4v) is 2.27. The van der Waals surface area contributed by atoms with E-state index in [1.807, 2.05) is 0 Å². The number of carboxylic acid groups (broad SMARTS) is 1. The molecule has 1 unspecified atom stereocenters. The molecule has 98 valence electrons. The zero-order valence-electron chi connectivity index (χ0n) is 9.70. The minimum atomic E-state index is -3.71. The zero-order valence-corrected chi connectivity index (χ0v) is 10.5. The Morgan fingerprint density at radius 1 is 1.72 bits per heavy atom. The van der Waals surface area contributed by atoms with Crippen LogP contribution < -0.4 is 4.72 Å². The maximum absolute atomic E-state index is 11.8. The van der Waals surface area contributed by atoms with Crippen molar-refractivity contribution in [3.05, 3.63) is 12.4 Å². The first-order chi connectivity index (χ1) is 8.35. The Morgan fingerprint density at radius 2 is 2.39 bits per heavy atom. The quantitative estimate of drug-likeness (QED) is 0.689. The second-order valence-electron chi connectivity index (χ2n) is 3.59. The van der Waals surface area contributed by atoms with Crippen molar-refractivity contribution >= 4 is 16.0 Å². The second kappa shape index (κ2) is 5.66. The van der Waals surface area contributed by atoms with E-state index in [0.29, 0.717) is 0 Å². The summed E-state index contributed by atoms with van der Waals surface area (Å²) in [5, 5.41) is 12.3. The minimum absolute atomic E-state index is 0.0463. The van der Waals surface area contributed by atoms with Crippen LogP contribution in [0.1, 0.15) is 13.3 Å². The van der Waals surface area contributed by atoms with E-state index in [1.165, 1.54) is 17.8 Å². The number of nitrogens with one attached hydrogen (secondary N) is 1. The maximum Gasteiger partial charge on any atom is 0.305 e. The number of aryl methyl sites for hydroxylation is 1. The summed E-state index contributed by atoms with van der Waals surface area (Å²) < 4.78 is 27.1. The Kier molecular flexibility index (Phi) is 4.47. The number of aromatic nitrogens is 2. The Labute approximate surface area is 105 Å². The van der Waals surface area contributed by atoms with Gasteiger partial charge in [-0.15, -0.1) is 6.42 Å². The predicted molar refractivity (Wildman–Crippen MR) is 63.1 cm³/mol. The Bertz CT molecular complexity index is 570. The molecule has 1 aromatic heterocycles. The lowest BCUT2D eigenvalue weighted by Crippen LogP contribution is -2.31. The van der Waals surface area contributed by atoms with Crippen molar-refractivity contribution in [3.63, 3.8) is 0 Å². The molecule has 2 N–H and O–H groups in total. The molecule has 0 aliphatic carbocycles. The van der Waals surface area contributed by atoms with E-state index >= 15 is 0 Å². The highest BCUT2D eigenvalue weighted by atomic mass is 32.2. The summed E-state index contributed by atoms with van der Waals surface area (Å²) in [6, 6.07) is -0.627. The number of carbonyl (C=O) groups is 1. The molecule has 0 saturated heterocycles. The predicted octanol–water partition coefficient (Wildman–Crippen LogP) is -0.342. The van der Waals surface area contributed by atoms with Gasteiger partial charge in [-0.2, -0.15) is 9.82 Å². The first-order valence-corrected chi connectivity index (χ1v) is 6.56. The van der Waals surface area contributed by atoms with Crippen LogP contribution in [0.4, 0.5) is 0 Å². The molecule has 8 heteroatoms. The van der Waals surface area contributed by atoms with Crippen molar-refractivity contribution in [2.75, 3.05) is 0 Å². The maximum atomic E-state index is 11.8. The van der Waals surface area contributed by atoms with Crippen LogP contribution in [0, 0.1) is 12.3 Å². The summed E-state index contributed by atoms with van der Waals surface area (Å²) in [6.45, 7) is 1.64. The van der Waals surface area contributed by atoms with E-state index < -0.39 is 22.0 Å². The molecule has 0 bridgehead atoms. The Hall–Kier alpha value is -1.85. The molecule has 1 heterocycles. The summed E-state index contributed by atoms with van der Waals surface area (Å²) in [5.41, 5.74) is 0. The molecule has 1 rings (SSSR count). The standard InChI is InChI=1S/C10H13N3O4S/c1-3-8(2)12-18(16,17)9-6-11-13(7-9)5-4-10(14)15/h1,6-8,12H,4-5H2,2H3,(H,14,15). The Balaban J connectivity index is 2.79. The van der Waals surface area contributed by atoms with Gasteiger partial charge in [-0.05, 0) is 6.92 Å². The topological polar surface area (TPSA) is 101 Å². The van der Waals surface area contributed by atoms with Gasteiger partial charge >= 0.3 is 5.97 Å². The first kappa shape index (κ1) is 14.2. The summed E-state index contributed by atoms with van der Waals surface area (Å²) in [7, 11) is -3.71. The largest absolute Gasteiger partial charge is 0.481 e. The van der Waals surface area contributed by atoms with Crippen LogP contribution in [0.3, 0.4) is 0 Å². The van der Waals surface area contributed by atoms with E-state index in [9.17, 15) is 13.2 Å². The fraction of sp³-hybridized carbons (Fsp3) is 0.400. The second-order valence-corrected chi connectivity index (χ2v) is 5.31. The van der Waals surface area contributed by atoms with Crippen LogP contribution in [0.15, 0.2) is 17.3 Å². The van der Waals surface area contributed by atoms with Gasteiger partial charge in [0.15, 0.2) is 0 Å². The van der Waals surface area contributed by atoms with Gasteiger partial charge in [-0.3, -0.25) is 9.48 Å². The minimum Gasteiger partial charge on any atom is -0.481 e. The lowest BCUT2D eigenvalue weighted by molar-refractivity contribution is -0.137. The monoisotopic (exact) mass is 271 g/mol. The van der Waals surface area contributed by atoms with E-state index in [1.54, 1.807) is 0 Å². The zero-order chi connectivity index (χ0) is 13.8. The molecule has 1 atom stereocenters. The summed E-state index contributed by atoms with van der Waals surface area (Å²) in [4.78, 5) is 10.3. The van der Waals surface area contributed by atoms with Crippen molar-refractivity contribution < 1.29 is 18.3 Å². The molecule has 0 aromatic carbocycles. The van der Waals surface area contributed by atoms with Crippen molar-refractivity contribution in [1.82, 2.24) is 14.5 Å². The molecule has 0 fully saturated rings. The molecule has 0 aliphatic heterocycles. The van der Waals surface area contributed by atoms with Gasteiger partial charge in [0.05, 0.1) is 25.2 Å². The molecule has 0 aliphatic rings. The molecule has 0 amide bonds. The van der Waals surface area contributed by atoms with Crippen molar-refractivity contribution in [2.45, 2.75) is 30.8 Å². The van der Waals surface area contributed by atoms with Crippen LogP contribution in [0.5, 0.6) is 0 Å². The van der Waals surface area contributed by atoms with Gasteiger partial charge in [-0.25, -0.2) is 8.42 Å². The van der Waals surface area contributed by atoms with Gasteiger partial charge in [0.1, 0.15) is 4.90 Å². The number of hydrogen-bond donors (Lipinski definition) is 2. The van der Waals surface area contributed by atoms with Crippen LogP contribution in [-0.4, -0.2) is 35.3 Å². The highest BCUT2D eigenvalue weighted by Crippen LogP contribution is 2.08. The van der Waals surface area contributed by atoms with Gasteiger partial charge < -0.3 is 5.11 Å². The number of aliphatic carboxylic acids is 1. The molecule has 0 saturated carbocycles. The van der Waals surface area contributed by atoms with Gasteiger partial charge in [0.2, 0.25) is 10.0 Å². The van der Waals surface area contributed by atoms with Crippen molar-refractivity contribution in [2.24, 2.45) is 0 Å². The van der Waals surface area contributed by atoms with E-state index in [2.05, 4.69) is 15.7 Å². The SMILES string of the molecule is C#CC(C)NS(=O)(=O)c1cnn(CCC(=O)O)c1. The Morgan fingerprint density at radius 3 is 2.94 bits per heavy atom. The van der Waals surface area contributed by atoms with Gasteiger partial charge in [-0.1, -0.05) is 5.92 Å². The molecule has 1 aromatic rings. The molecule has 18 heavy (non-hydrogen) atoms. The molecule has 7 nitrogen and oxygen atoms in total. The molecule has 0 spiro atoms. The number of carboxylic acids is 1. The van der Waals surface area contributed by atoms with Crippen molar-refractivity contribution in [3.8, 4) is 12.3 Å². The van der Waals surface area contributed by atoms with Crippen LogP contribution in [0.2, 0.25) is 0 Å². The average Bonchev–Trinajstić information content (AvgIpc) is 2.75. The molecular weight excluding hydrogens is 258 g/mol. The van der Waals surface area contributed by atoms with Crippen LogP contribution in [0.25, 0.3) is 0 Å². The van der Waals surface area contributed by atoms with Crippen LogP contribution in [-0.2, 0) is 21.4 Å². The lowest BCUT2D eigenvalue weighted by atomic mass is 10.4. The smallest absolute Gasteiger partial charge is 0.305 e. The van der Waals surface area contributed by atoms with Gasteiger partial charge in [0, 0.05) is 6.20 Å². The van der Waals surface area contributed by atoms with Crippen molar-refractivity contribution in [1.29, 1.82) is 0 Å². The molecular formula is C10H13N3O4S. The van der Waals surface area contributed by atoms with Gasteiger partial charge in [0.25, 0.3) is 0 Å². The summed E-state index contributed by atoms with van der Waals surface area (Å²) in [6.07, 6.45) is 7.36. The number of sulfonamides is 1. The highest BCUT2D eigenvalue weighted by Gasteiger charge is 2.18. The third-order valence-corrected chi connectivity index (χ3v) is 3.55. The fourth-order valence-electron chi connectivity index (χ4n) is 1.15. The number of rotatable bonds is 6. The van der Waals surface area contributed by atoms with Crippen LogP contribution >= 0.6 is 0 Å². The number of hydrogen-bond acceptors (Lipinski definition) is 4. The lowest BCUT2D eigenvalue weighted by Gasteiger charge is -2.06. The molecule has 0 radical (unpaired) electrons. The summed E-state index contributed by atoms with van der Waals surface area (Å²) in [5.74, 6) is 1.26. The van der Waals surface area contributed by atoms with E-state index in [-0.39, 0.29) is 17.9 Å². The highest BCUT2D eigenvalue weighted by molar-refractivity contribution is 7.89. The third kappa shape index (κ3) is 3.87. The average molecular weight is 271 g/mol. The number of terminal acetylenes is 1. The van der Waals surface area contributed by atoms with E-state index in [4.69, 9.17) is 11.5 Å². The van der Waals surface area contributed by atoms with E-state index in [0.717, 1.165) is 6.20 Å². The third-order valence-electron chi connectivity index (χ3n) is 2.06. The first-order valence-electron chi connectivity index (χ1n) is 5.08. The normalized spacial score (nSPS) is 12.9.